The van der Waals surface area contributed by atoms with Gasteiger partial charge in [0.05, 0.1) is 47.0 Å². The molecule has 11 heteroatoms. The van der Waals surface area contributed by atoms with E-state index in [1.165, 1.54) is 0 Å². The minimum Gasteiger partial charge on any atom is -0.389 e. The second kappa shape index (κ2) is 9.81. The molecule has 208 valence electrons. The Bertz CT molecular complexity index is 1550. The van der Waals surface area contributed by atoms with Crippen molar-refractivity contribution < 1.29 is 23.5 Å². The molecule has 9 nitrogen and oxygen atoms in total. The number of aromatic amines is 2. The summed E-state index contributed by atoms with van der Waals surface area (Å²) >= 11 is 0. The van der Waals surface area contributed by atoms with Gasteiger partial charge in [-0.1, -0.05) is 30.3 Å². The number of imidazole rings is 2. The fraction of sp³-hybridized carbons (Fsp3) is 0.379. The number of rotatable bonds is 9. The number of carbonyl (C=O) groups is 2. The zero-order valence-electron chi connectivity index (χ0n) is 21.8. The van der Waals surface area contributed by atoms with Crippen LogP contribution in [0.15, 0.2) is 48.7 Å². The number of aliphatic hydroxyl groups is 1. The molecule has 0 radical (unpaired) electrons. The number of H-pyrrole nitrogens is 2. The minimum absolute atomic E-state index is 0.0658. The Kier molecular flexibility index (Phi) is 6.41. The van der Waals surface area contributed by atoms with E-state index in [2.05, 4.69) is 30.6 Å². The van der Waals surface area contributed by atoms with Gasteiger partial charge in [-0.05, 0) is 54.5 Å². The number of amides is 2. The molecule has 0 bridgehead atoms. The van der Waals surface area contributed by atoms with Crippen molar-refractivity contribution in [2.24, 2.45) is 5.41 Å². The third-order valence-corrected chi connectivity index (χ3v) is 8.34. The number of nitrogens with zero attached hydrogens (tertiary/aromatic N) is 2. The highest BCUT2D eigenvalue weighted by Gasteiger charge is 2.65. The molecule has 2 aromatic carbocycles. The molecule has 6 rings (SSSR count). The van der Waals surface area contributed by atoms with E-state index in [-0.39, 0.29) is 25.3 Å². The molecular weight excluding hydrogens is 518 g/mol. The van der Waals surface area contributed by atoms with Crippen molar-refractivity contribution in [3.63, 3.8) is 0 Å². The molecule has 0 saturated heterocycles. The summed E-state index contributed by atoms with van der Waals surface area (Å²) in [4.78, 5) is 38.9. The van der Waals surface area contributed by atoms with Gasteiger partial charge in [0.1, 0.15) is 11.6 Å². The predicted molar refractivity (Wildman–Crippen MR) is 144 cm³/mol. The molecule has 2 aliphatic carbocycles. The van der Waals surface area contributed by atoms with Crippen LogP contribution in [0, 0.1) is 5.41 Å². The van der Waals surface area contributed by atoms with Gasteiger partial charge >= 0.3 is 0 Å². The molecule has 0 atom stereocenters. The molecule has 0 unspecified atom stereocenters. The second-order valence-corrected chi connectivity index (χ2v) is 10.9. The molecule has 2 amide bonds. The van der Waals surface area contributed by atoms with Crippen molar-refractivity contribution >= 4 is 23.4 Å². The highest BCUT2D eigenvalue weighted by atomic mass is 19.3. The monoisotopic (exact) mass is 548 g/mol. The molecule has 2 saturated carbocycles. The van der Waals surface area contributed by atoms with Gasteiger partial charge in [-0.2, -0.15) is 0 Å². The summed E-state index contributed by atoms with van der Waals surface area (Å²) in [6.45, 7) is 0.488. The Morgan fingerprint density at radius 1 is 0.925 bits per heavy atom. The summed E-state index contributed by atoms with van der Waals surface area (Å²) in [6, 6.07) is 13.9. The Hall–Kier alpha value is -4.12. The van der Waals surface area contributed by atoms with Gasteiger partial charge in [0.25, 0.3) is 0 Å². The fourth-order valence-electron chi connectivity index (χ4n) is 5.78. The van der Waals surface area contributed by atoms with Crippen LogP contribution in [0.4, 0.5) is 8.78 Å². The molecule has 40 heavy (non-hydrogen) atoms. The Morgan fingerprint density at radius 2 is 1.62 bits per heavy atom. The van der Waals surface area contributed by atoms with Crippen molar-refractivity contribution in [2.75, 3.05) is 0 Å². The van der Waals surface area contributed by atoms with E-state index in [0.29, 0.717) is 37.4 Å². The summed E-state index contributed by atoms with van der Waals surface area (Å²) in [7, 11) is 0. The quantitative estimate of drug-likeness (QED) is 0.200. The number of hydrogen-bond donors (Lipinski definition) is 5. The lowest BCUT2D eigenvalue weighted by Gasteiger charge is -2.41. The molecule has 2 fully saturated rings. The second-order valence-electron chi connectivity index (χ2n) is 10.9. The van der Waals surface area contributed by atoms with Crippen LogP contribution in [0.2, 0.25) is 0 Å². The molecule has 2 aliphatic rings. The number of halogens is 2. The average molecular weight is 549 g/mol. The summed E-state index contributed by atoms with van der Waals surface area (Å²) in [5.41, 5.74) is 3.03. The number of alkyl halides is 2. The van der Waals surface area contributed by atoms with Crippen molar-refractivity contribution in [1.29, 1.82) is 0 Å². The van der Waals surface area contributed by atoms with Crippen LogP contribution in [0.1, 0.15) is 50.2 Å². The van der Waals surface area contributed by atoms with Gasteiger partial charge in [0.15, 0.2) is 0 Å². The van der Waals surface area contributed by atoms with Crippen LogP contribution in [0.5, 0.6) is 0 Å². The smallest absolute Gasteiger partial charge is 0.248 e. The first-order valence-electron chi connectivity index (χ1n) is 13.4. The summed E-state index contributed by atoms with van der Waals surface area (Å²) in [5, 5.41) is 16.6. The maximum Gasteiger partial charge on any atom is 0.248 e. The first-order valence-corrected chi connectivity index (χ1v) is 13.4. The fourth-order valence-corrected chi connectivity index (χ4v) is 5.78. The number of hydrogen-bond acceptors (Lipinski definition) is 5. The molecule has 0 aliphatic heterocycles. The average Bonchev–Trinajstić information content (AvgIpc) is 3.48. The van der Waals surface area contributed by atoms with E-state index >= 15 is 0 Å². The van der Waals surface area contributed by atoms with Crippen LogP contribution in [0.25, 0.3) is 33.4 Å². The standard InChI is InChI=1S/C29H30F2N6O3/c30-29(31)11-9-28(40,10-12-29)27(7-8-27)26(39)34-16-25-35-21-6-5-20(13-22(21)36-25)18-1-3-19(4-2-18)23-14-33-24(37-23)15-32-17-38/h1-6,13-14,17,40H,7-12,15-16H2,(H,32,38)(H,33,37)(H,34,39)(H,35,36). The maximum atomic E-state index is 13.6. The van der Waals surface area contributed by atoms with E-state index in [0.717, 1.165) is 33.4 Å². The Morgan fingerprint density at radius 3 is 2.33 bits per heavy atom. The first kappa shape index (κ1) is 26.1. The van der Waals surface area contributed by atoms with Gasteiger partial charge in [-0.25, -0.2) is 18.7 Å². The topological polar surface area (TPSA) is 136 Å². The lowest BCUT2D eigenvalue weighted by molar-refractivity contribution is -0.156. The van der Waals surface area contributed by atoms with Crippen LogP contribution < -0.4 is 10.6 Å². The van der Waals surface area contributed by atoms with E-state index < -0.39 is 29.8 Å². The minimum atomic E-state index is -2.77. The zero-order valence-corrected chi connectivity index (χ0v) is 21.8. The molecule has 0 spiro atoms. The van der Waals surface area contributed by atoms with E-state index in [1.807, 2.05) is 42.5 Å². The normalized spacial score (nSPS) is 18.8. The van der Waals surface area contributed by atoms with Gasteiger partial charge in [0, 0.05) is 12.8 Å². The number of carbonyl (C=O) groups excluding carboxylic acids is 2. The number of nitrogens with one attached hydrogen (secondary N) is 4. The largest absolute Gasteiger partial charge is 0.389 e. The summed E-state index contributed by atoms with van der Waals surface area (Å²) in [6.07, 6.45) is 2.45. The Labute approximate surface area is 228 Å². The SMILES string of the molecule is O=CNCc1ncc(-c2ccc(-c3ccc4nc(CNC(=O)C5(C6(O)CCC(F)(F)CC6)CC5)[nH]c4c3)cc2)[nH]1. The van der Waals surface area contributed by atoms with E-state index in [4.69, 9.17) is 0 Å². The lowest BCUT2D eigenvalue weighted by atomic mass is 9.71. The maximum absolute atomic E-state index is 13.6. The summed E-state index contributed by atoms with van der Waals surface area (Å²) < 4.78 is 27.3. The van der Waals surface area contributed by atoms with Gasteiger partial charge in [-0.3, -0.25) is 9.59 Å². The molecule has 5 N–H and O–H groups in total. The van der Waals surface area contributed by atoms with Crippen LogP contribution >= 0.6 is 0 Å². The lowest BCUT2D eigenvalue weighted by Crippen LogP contribution is -2.52. The molecule has 2 aromatic heterocycles. The Balaban J connectivity index is 1.11. The summed E-state index contributed by atoms with van der Waals surface area (Å²) in [5.74, 6) is -1.82. The van der Waals surface area contributed by atoms with Gasteiger partial charge in [0.2, 0.25) is 18.2 Å². The molecule has 2 heterocycles. The van der Waals surface area contributed by atoms with Crippen LogP contribution in [-0.2, 0) is 22.7 Å². The zero-order chi connectivity index (χ0) is 28.0. The van der Waals surface area contributed by atoms with Crippen molar-refractivity contribution in [3.05, 3.63) is 60.3 Å². The number of benzene rings is 2. The van der Waals surface area contributed by atoms with E-state index in [1.54, 1.807) is 6.20 Å². The first-order chi connectivity index (χ1) is 19.2. The molecular formula is C29H30F2N6O3. The van der Waals surface area contributed by atoms with Gasteiger partial charge in [-0.15, -0.1) is 0 Å². The number of fused-ring (bicyclic) bond motifs is 1. The molecule has 4 aromatic rings. The highest BCUT2D eigenvalue weighted by Crippen LogP contribution is 2.60. The highest BCUT2D eigenvalue weighted by molar-refractivity contribution is 5.87. The predicted octanol–water partition coefficient (Wildman–Crippen LogP) is 4.20. The third-order valence-electron chi connectivity index (χ3n) is 8.34. The van der Waals surface area contributed by atoms with Crippen molar-refractivity contribution in [2.45, 2.75) is 63.1 Å². The van der Waals surface area contributed by atoms with Crippen molar-refractivity contribution in [3.8, 4) is 22.4 Å². The van der Waals surface area contributed by atoms with Crippen LogP contribution in [0.3, 0.4) is 0 Å². The van der Waals surface area contributed by atoms with Crippen LogP contribution in [-0.4, -0.2) is 48.9 Å². The third kappa shape index (κ3) is 4.85. The van der Waals surface area contributed by atoms with Crippen molar-refractivity contribution in [1.82, 2.24) is 30.6 Å². The van der Waals surface area contributed by atoms with Gasteiger partial charge < -0.3 is 25.7 Å². The van der Waals surface area contributed by atoms with E-state index in [9.17, 15) is 23.5 Å². The number of aromatic nitrogens is 4.